The molecule has 12 heteroatoms. The van der Waals surface area contributed by atoms with Crippen LogP contribution in [0, 0.1) is 6.92 Å². The van der Waals surface area contributed by atoms with Crippen molar-refractivity contribution < 1.29 is 59.2 Å². The highest BCUT2D eigenvalue weighted by Crippen LogP contribution is 2.42. The van der Waals surface area contributed by atoms with Gasteiger partial charge in [-0.2, -0.15) is 0 Å². The number of esters is 1. The maximum absolute atomic E-state index is 12.3. The average molecular weight is 594 g/mol. The molecule has 0 spiro atoms. The monoisotopic (exact) mass is 593 g/mol. The van der Waals surface area contributed by atoms with Gasteiger partial charge in [-0.25, -0.2) is 9.21 Å². The predicted molar refractivity (Wildman–Crippen MR) is 151 cm³/mol. The number of phenolic OH excluding ortho intramolecular Hbond substituents is 4. The van der Waals surface area contributed by atoms with Crippen LogP contribution >= 0.6 is 0 Å². The van der Waals surface area contributed by atoms with Crippen LogP contribution in [-0.2, 0) is 14.3 Å². The predicted octanol–water partition coefficient (Wildman–Crippen LogP) is 2.95. The quantitative estimate of drug-likeness (QED) is 0.0717. The van der Waals surface area contributed by atoms with E-state index in [0.29, 0.717) is 11.1 Å². The van der Waals surface area contributed by atoms with Crippen LogP contribution in [0.1, 0.15) is 11.1 Å². The van der Waals surface area contributed by atoms with Crippen LogP contribution in [-0.4, -0.2) is 79.0 Å². The summed E-state index contributed by atoms with van der Waals surface area (Å²) in [6, 6.07) is 14.8. The van der Waals surface area contributed by atoms with Gasteiger partial charge in [0.2, 0.25) is 12.0 Å². The molecule has 2 heterocycles. The van der Waals surface area contributed by atoms with Gasteiger partial charge >= 0.3 is 17.3 Å². The number of aliphatic hydroxyl groups excluding tert-OH is 3. The zero-order valence-electron chi connectivity index (χ0n) is 22.7. The lowest BCUT2D eigenvalue weighted by Gasteiger charge is -2.39. The van der Waals surface area contributed by atoms with Crippen LogP contribution in [0.5, 0.6) is 28.7 Å². The molecule has 1 fully saturated rings. The minimum atomic E-state index is -1.76. The lowest BCUT2D eigenvalue weighted by Crippen LogP contribution is -2.60. The number of carbonyl (C=O) groups is 1. The number of benzene rings is 3. The first-order valence-electron chi connectivity index (χ1n) is 13.1. The number of phenols is 4. The van der Waals surface area contributed by atoms with Crippen LogP contribution in [0.4, 0.5) is 0 Å². The third-order valence-corrected chi connectivity index (χ3v) is 6.90. The maximum atomic E-state index is 12.3. The Morgan fingerprint density at radius 2 is 1.67 bits per heavy atom. The summed E-state index contributed by atoms with van der Waals surface area (Å²) in [6.45, 7) is 1.05. The molecule has 12 nitrogen and oxygen atoms in total. The Labute approximate surface area is 244 Å². The number of fused-ring (bicyclic) bond motifs is 1. The standard InChI is InChI=1S/C31H28O12/c1-15-11-17(12-21(34)26(15)36)30-23(13-19-20(33)3-2-4-22(19)41-30)42-31-29(39)28(38)27(37)24(43-31)14-40-25(35)10-7-16-5-8-18(32)9-6-16/h2-13,24,27-29,31,37-39H,14H2,1H3,(H3-,32,33,34,35,36)/p+1. The summed E-state index contributed by atoms with van der Waals surface area (Å²) in [5.41, 5.74) is 1.46. The SMILES string of the molecule is Cc1cc(-c2[o+]c3cccc(O)c3cc2OC2OC(COC(=O)/C=C/c3ccc(O)cc3)C(O)C(O)C2O)cc(O)c1O. The smallest absolute Gasteiger partial charge is 0.402 e. The van der Waals surface area contributed by atoms with Crippen LogP contribution in [0.15, 0.2) is 71.2 Å². The topological polar surface area (TPSA) is 198 Å². The molecule has 1 saturated heterocycles. The van der Waals surface area contributed by atoms with Gasteiger partial charge in [0, 0.05) is 24.3 Å². The largest absolute Gasteiger partial charge is 0.508 e. The van der Waals surface area contributed by atoms with Crippen molar-refractivity contribution in [3.63, 3.8) is 0 Å². The summed E-state index contributed by atoms with van der Waals surface area (Å²) in [5.74, 6) is -1.68. The molecule has 5 unspecified atom stereocenters. The molecule has 3 aromatic carbocycles. The molecule has 0 amide bonds. The molecule has 0 bridgehead atoms. The van der Waals surface area contributed by atoms with Crippen LogP contribution < -0.4 is 4.74 Å². The molecule has 7 N–H and O–H groups in total. The first kappa shape index (κ1) is 29.6. The molecule has 5 atom stereocenters. The minimum absolute atomic E-state index is 0.0234. The fourth-order valence-corrected chi connectivity index (χ4v) is 4.54. The summed E-state index contributed by atoms with van der Waals surface area (Å²) in [6.07, 6.45) is -5.52. The molecule has 43 heavy (non-hydrogen) atoms. The Balaban J connectivity index is 1.40. The molecular formula is C31H29O12+. The Bertz CT molecular complexity index is 1640. The van der Waals surface area contributed by atoms with E-state index in [4.69, 9.17) is 18.6 Å². The van der Waals surface area contributed by atoms with Crippen LogP contribution in [0.3, 0.4) is 0 Å². The molecule has 1 aliphatic rings. The van der Waals surface area contributed by atoms with Crippen LogP contribution in [0.2, 0.25) is 0 Å². The van der Waals surface area contributed by atoms with Crippen molar-refractivity contribution in [2.45, 2.75) is 37.6 Å². The zero-order chi connectivity index (χ0) is 30.8. The van der Waals surface area contributed by atoms with E-state index in [1.807, 2.05) is 0 Å². The molecule has 1 aromatic heterocycles. The molecule has 0 aliphatic carbocycles. The first-order chi connectivity index (χ1) is 20.5. The highest BCUT2D eigenvalue weighted by atomic mass is 16.7. The van der Waals surface area contributed by atoms with Crippen molar-refractivity contribution in [2.75, 3.05) is 6.61 Å². The highest BCUT2D eigenvalue weighted by molar-refractivity contribution is 5.88. The van der Waals surface area contributed by atoms with Gasteiger partial charge in [-0.05, 0) is 54.5 Å². The van der Waals surface area contributed by atoms with E-state index < -0.39 is 49.0 Å². The zero-order valence-corrected chi connectivity index (χ0v) is 22.7. The minimum Gasteiger partial charge on any atom is -0.508 e. The number of aromatic hydroxyl groups is 4. The number of carbonyl (C=O) groups excluding carboxylic acids is 1. The van der Waals surface area contributed by atoms with Crippen LogP contribution in [0.25, 0.3) is 28.4 Å². The maximum Gasteiger partial charge on any atom is 0.402 e. The second-order valence-corrected chi connectivity index (χ2v) is 9.98. The summed E-state index contributed by atoms with van der Waals surface area (Å²) in [7, 11) is 0. The van der Waals surface area contributed by atoms with E-state index in [1.54, 1.807) is 31.2 Å². The van der Waals surface area contributed by atoms with Gasteiger partial charge < -0.3 is 50.0 Å². The second kappa shape index (κ2) is 12.2. The Kier molecular flexibility index (Phi) is 8.37. The van der Waals surface area contributed by atoms with Gasteiger partial charge in [0.15, 0.2) is 11.5 Å². The van der Waals surface area contributed by atoms with Crippen molar-refractivity contribution in [1.29, 1.82) is 0 Å². The van der Waals surface area contributed by atoms with Crippen molar-refractivity contribution in [3.8, 4) is 40.1 Å². The molecule has 5 rings (SSSR count). The van der Waals surface area contributed by atoms with E-state index in [9.17, 15) is 40.5 Å². The Morgan fingerprint density at radius 3 is 2.40 bits per heavy atom. The number of aryl methyl sites for hydroxylation is 1. The fraction of sp³-hybridized carbons (Fsp3) is 0.226. The lowest BCUT2D eigenvalue weighted by atomic mass is 9.99. The molecule has 1 aliphatic heterocycles. The molecular weight excluding hydrogens is 564 g/mol. The van der Waals surface area contributed by atoms with Gasteiger partial charge in [0.1, 0.15) is 47.9 Å². The molecule has 0 saturated carbocycles. The molecule has 0 radical (unpaired) electrons. The third kappa shape index (κ3) is 6.32. The van der Waals surface area contributed by atoms with Gasteiger partial charge in [-0.1, -0.05) is 12.1 Å². The number of aliphatic hydroxyl groups is 3. The Hall–Kier alpha value is -4.88. The second-order valence-electron chi connectivity index (χ2n) is 9.98. The molecule has 4 aromatic rings. The highest BCUT2D eigenvalue weighted by Gasteiger charge is 2.46. The van der Waals surface area contributed by atoms with Crippen molar-refractivity contribution in [2.24, 2.45) is 0 Å². The van der Waals surface area contributed by atoms with Crippen molar-refractivity contribution in [1.82, 2.24) is 0 Å². The van der Waals surface area contributed by atoms with E-state index >= 15 is 0 Å². The summed E-state index contributed by atoms with van der Waals surface area (Å²) in [5, 5.41) is 72.0. The fourth-order valence-electron chi connectivity index (χ4n) is 4.54. The number of ether oxygens (including phenoxy) is 3. The third-order valence-electron chi connectivity index (χ3n) is 6.90. The first-order valence-corrected chi connectivity index (χ1v) is 13.1. The summed E-state index contributed by atoms with van der Waals surface area (Å²) < 4.78 is 22.8. The van der Waals surface area contributed by atoms with Crippen molar-refractivity contribution >= 4 is 23.0 Å². The Morgan fingerprint density at radius 1 is 0.930 bits per heavy atom. The number of hydrogen-bond acceptors (Lipinski definition) is 11. The normalized spacial score (nSPS) is 22.1. The number of rotatable bonds is 7. The van der Waals surface area contributed by atoms with Gasteiger partial charge in [-0.3, -0.25) is 0 Å². The van der Waals surface area contributed by atoms with E-state index in [0.717, 1.165) is 6.08 Å². The molecule has 224 valence electrons. The van der Waals surface area contributed by atoms with Crippen molar-refractivity contribution in [3.05, 3.63) is 77.9 Å². The van der Waals surface area contributed by atoms with E-state index in [2.05, 4.69) is 0 Å². The summed E-state index contributed by atoms with van der Waals surface area (Å²) >= 11 is 0. The number of hydrogen-bond donors (Lipinski definition) is 7. The van der Waals surface area contributed by atoms with E-state index in [-0.39, 0.29) is 45.3 Å². The van der Waals surface area contributed by atoms with E-state index in [1.165, 1.54) is 42.5 Å². The van der Waals surface area contributed by atoms with Gasteiger partial charge in [-0.15, -0.1) is 0 Å². The van der Waals surface area contributed by atoms with Gasteiger partial charge in [0.05, 0.1) is 5.56 Å². The summed E-state index contributed by atoms with van der Waals surface area (Å²) in [4.78, 5) is 12.3. The average Bonchev–Trinajstić information content (AvgIpc) is 2.99. The van der Waals surface area contributed by atoms with Gasteiger partial charge in [0.25, 0.3) is 0 Å². The lowest BCUT2D eigenvalue weighted by molar-refractivity contribution is -0.278.